The van der Waals surface area contributed by atoms with Crippen molar-refractivity contribution in [3.05, 3.63) is 21.9 Å². The van der Waals surface area contributed by atoms with Gasteiger partial charge < -0.3 is 5.73 Å². The number of sulfonamides is 1. The van der Waals surface area contributed by atoms with Crippen LogP contribution in [0.4, 0.5) is 0 Å². The van der Waals surface area contributed by atoms with Gasteiger partial charge in [-0.25, -0.2) is 13.1 Å². The standard InChI is InChI=1S/C9H16N2O2S2/c1-2-8-3-5-14-9(8)7-11-15(12,13)6-4-10/h3,5,11H,2,4,6-7,10H2,1H3. The van der Waals surface area contributed by atoms with Gasteiger partial charge in [-0.15, -0.1) is 11.3 Å². The van der Waals surface area contributed by atoms with Crippen LogP contribution in [-0.2, 0) is 23.0 Å². The molecule has 0 saturated carbocycles. The van der Waals surface area contributed by atoms with Crippen molar-refractivity contribution in [2.45, 2.75) is 19.9 Å². The maximum atomic E-state index is 11.3. The average Bonchev–Trinajstić information content (AvgIpc) is 2.62. The molecule has 1 aromatic rings. The van der Waals surface area contributed by atoms with Gasteiger partial charge in [0, 0.05) is 18.0 Å². The van der Waals surface area contributed by atoms with Crippen LogP contribution in [0, 0.1) is 0 Å². The van der Waals surface area contributed by atoms with Crippen molar-refractivity contribution in [3.8, 4) is 0 Å². The number of aryl methyl sites for hydroxylation is 1. The van der Waals surface area contributed by atoms with Gasteiger partial charge >= 0.3 is 0 Å². The van der Waals surface area contributed by atoms with Crippen molar-refractivity contribution in [1.82, 2.24) is 4.72 Å². The molecule has 0 aliphatic heterocycles. The molecule has 1 heterocycles. The van der Waals surface area contributed by atoms with E-state index in [1.165, 1.54) is 5.56 Å². The van der Waals surface area contributed by atoms with E-state index >= 15 is 0 Å². The van der Waals surface area contributed by atoms with Gasteiger partial charge in [0.25, 0.3) is 0 Å². The molecule has 0 saturated heterocycles. The van der Waals surface area contributed by atoms with Gasteiger partial charge in [0.05, 0.1) is 5.75 Å². The summed E-state index contributed by atoms with van der Waals surface area (Å²) in [6, 6.07) is 2.03. The van der Waals surface area contributed by atoms with E-state index in [1.54, 1.807) is 11.3 Å². The summed E-state index contributed by atoms with van der Waals surface area (Å²) >= 11 is 1.57. The molecule has 86 valence electrons. The summed E-state index contributed by atoms with van der Waals surface area (Å²) in [7, 11) is -3.20. The largest absolute Gasteiger partial charge is 0.329 e. The quantitative estimate of drug-likeness (QED) is 0.778. The van der Waals surface area contributed by atoms with Crippen molar-refractivity contribution in [2.75, 3.05) is 12.3 Å². The van der Waals surface area contributed by atoms with E-state index in [4.69, 9.17) is 5.73 Å². The molecule has 1 aromatic heterocycles. The Kier molecular flexibility index (Phi) is 4.72. The van der Waals surface area contributed by atoms with Crippen LogP contribution in [-0.4, -0.2) is 20.7 Å². The van der Waals surface area contributed by atoms with E-state index in [2.05, 4.69) is 11.6 Å². The highest BCUT2D eigenvalue weighted by molar-refractivity contribution is 7.89. The van der Waals surface area contributed by atoms with Gasteiger partial charge in [-0.3, -0.25) is 0 Å². The Labute approximate surface area is 94.5 Å². The molecule has 0 aliphatic rings. The van der Waals surface area contributed by atoms with Crippen LogP contribution in [0.25, 0.3) is 0 Å². The predicted octanol–water partition coefficient (Wildman–Crippen LogP) is 0.689. The van der Waals surface area contributed by atoms with Crippen LogP contribution >= 0.6 is 11.3 Å². The molecule has 0 spiro atoms. The molecule has 3 N–H and O–H groups in total. The van der Waals surface area contributed by atoms with Crippen molar-refractivity contribution >= 4 is 21.4 Å². The molecule has 0 amide bonds. The van der Waals surface area contributed by atoms with E-state index < -0.39 is 10.0 Å². The summed E-state index contributed by atoms with van der Waals surface area (Å²) in [5, 5.41) is 1.98. The lowest BCUT2D eigenvalue weighted by atomic mass is 10.2. The lowest BCUT2D eigenvalue weighted by molar-refractivity contribution is 0.581. The van der Waals surface area contributed by atoms with E-state index in [9.17, 15) is 8.42 Å². The fourth-order valence-electron chi connectivity index (χ4n) is 1.24. The first kappa shape index (κ1) is 12.6. The summed E-state index contributed by atoms with van der Waals surface area (Å²) in [4.78, 5) is 1.08. The minimum atomic E-state index is -3.20. The Morgan fingerprint density at radius 2 is 2.27 bits per heavy atom. The molecule has 0 unspecified atom stereocenters. The third kappa shape index (κ3) is 3.90. The second-order valence-corrected chi connectivity index (χ2v) is 6.08. The van der Waals surface area contributed by atoms with Gasteiger partial charge in [0.2, 0.25) is 10.0 Å². The molecule has 0 atom stereocenters. The SMILES string of the molecule is CCc1ccsc1CNS(=O)(=O)CCN. The van der Waals surface area contributed by atoms with Crippen molar-refractivity contribution in [2.24, 2.45) is 5.73 Å². The van der Waals surface area contributed by atoms with E-state index in [-0.39, 0.29) is 12.3 Å². The first-order valence-corrected chi connectivity index (χ1v) is 7.35. The molecule has 6 heteroatoms. The van der Waals surface area contributed by atoms with Crippen LogP contribution in [0.5, 0.6) is 0 Å². The Bertz CT molecular complexity index is 398. The maximum Gasteiger partial charge on any atom is 0.213 e. The van der Waals surface area contributed by atoms with Gasteiger partial charge in [0.1, 0.15) is 0 Å². The fraction of sp³-hybridized carbons (Fsp3) is 0.556. The van der Waals surface area contributed by atoms with Crippen LogP contribution in [0.3, 0.4) is 0 Å². The van der Waals surface area contributed by atoms with Crippen molar-refractivity contribution < 1.29 is 8.42 Å². The van der Waals surface area contributed by atoms with Gasteiger partial charge in [-0.1, -0.05) is 6.92 Å². The highest BCUT2D eigenvalue weighted by Gasteiger charge is 2.10. The summed E-state index contributed by atoms with van der Waals surface area (Å²) in [5.41, 5.74) is 6.41. The molecule has 1 rings (SSSR count). The molecule has 15 heavy (non-hydrogen) atoms. The summed E-state index contributed by atoms with van der Waals surface area (Å²) in [6.07, 6.45) is 0.928. The zero-order valence-corrected chi connectivity index (χ0v) is 10.3. The smallest absolute Gasteiger partial charge is 0.213 e. The molecular weight excluding hydrogens is 232 g/mol. The van der Waals surface area contributed by atoms with Gasteiger partial charge in [-0.2, -0.15) is 0 Å². The maximum absolute atomic E-state index is 11.3. The van der Waals surface area contributed by atoms with Crippen LogP contribution in [0.1, 0.15) is 17.4 Å². The highest BCUT2D eigenvalue weighted by atomic mass is 32.2. The zero-order valence-electron chi connectivity index (χ0n) is 8.69. The highest BCUT2D eigenvalue weighted by Crippen LogP contribution is 2.17. The molecule has 0 aliphatic carbocycles. The molecule has 0 aromatic carbocycles. The fourth-order valence-corrected chi connectivity index (χ4v) is 3.07. The first-order chi connectivity index (χ1) is 7.09. The molecule has 0 fully saturated rings. The number of nitrogens with two attached hydrogens (primary N) is 1. The molecule has 4 nitrogen and oxygen atoms in total. The number of rotatable bonds is 6. The van der Waals surface area contributed by atoms with E-state index in [0.29, 0.717) is 6.54 Å². The topological polar surface area (TPSA) is 72.2 Å². The lowest BCUT2D eigenvalue weighted by Gasteiger charge is -2.05. The molecule has 0 radical (unpaired) electrons. The van der Waals surface area contributed by atoms with Crippen LogP contribution in [0.2, 0.25) is 0 Å². The second kappa shape index (κ2) is 5.60. The minimum absolute atomic E-state index is 0.0141. The number of nitrogens with one attached hydrogen (secondary N) is 1. The zero-order chi connectivity index (χ0) is 11.3. The summed E-state index contributed by atoms with van der Waals surface area (Å²) in [6.45, 7) is 2.59. The molecular formula is C9H16N2O2S2. The minimum Gasteiger partial charge on any atom is -0.329 e. The third-order valence-electron chi connectivity index (χ3n) is 2.06. The average molecular weight is 248 g/mol. The Hall–Kier alpha value is -0.430. The van der Waals surface area contributed by atoms with E-state index in [1.807, 2.05) is 11.4 Å². The Balaban J connectivity index is 2.57. The normalized spacial score (nSPS) is 11.9. The Morgan fingerprint density at radius 3 is 2.87 bits per heavy atom. The third-order valence-corrected chi connectivity index (χ3v) is 4.38. The van der Waals surface area contributed by atoms with Gasteiger partial charge in [-0.05, 0) is 23.4 Å². The van der Waals surface area contributed by atoms with Crippen LogP contribution < -0.4 is 10.5 Å². The lowest BCUT2D eigenvalue weighted by Crippen LogP contribution is -2.29. The first-order valence-electron chi connectivity index (χ1n) is 4.81. The summed E-state index contributed by atoms with van der Waals surface area (Å²) in [5.74, 6) is -0.0141. The van der Waals surface area contributed by atoms with E-state index in [0.717, 1.165) is 11.3 Å². The van der Waals surface area contributed by atoms with Crippen LogP contribution in [0.15, 0.2) is 11.4 Å². The number of hydrogen-bond acceptors (Lipinski definition) is 4. The van der Waals surface area contributed by atoms with Crippen molar-refractivity contribution in [1.29, 1.82) is 0 Å². The monoisotopic (exact) mass is 248 g/mol. The number of thiophene rings is 1. The summed E-state index contributed by atoms with van der Waals surface area (Å²) < 4.78 is 25.2. The van der Waals surface area contributed by atoms with Gasteiger partial charge in [0.15, 0.2) is 0 Å². The number of hydrogen-bond donors (Lipinski definition) is 2. The van der Waals surface area contributed by atoms with Crippen molar-refractivity contribution in [3.63, 3.8) is 0 Å². The predicted molar refractivity (Wildman–Crippen MR) is 63.4 cm³/mol. The Morgan fingerprint density at radius 1 is 1.53 bits per heavy atom. The second-order valence-electron chi connectivity index (χ2n) is 3.15. The molecule has 0 bridgehead atoms.